The number of hydrogen-bond donors (Lipinski definition) is 0. The van der Waals surface area contributed by atoms with E-state index in [1.807, 2.05) is 0 Å². The van der Waals surface area contributed by atoms with E-state index < -0.39 is 0 Å². The maximum absolute atomic E-state index is 7.20. The molecule has 0 heterocycles. The first-order valence-electron chi connectivity index (χ1n) is 19.0. The summed E-state index contributed by atoms with van der Waals surface area (Å²) >= 11 is 0. The predicted molar refractivity (Wildman–Crippen MR) is 188 cm³/mol. The van der Waals surface area contributed by atoms with Gasteiger partial charge in [0, 0.05) is 25.7 Å². The van der Waals surface area contributed by atoms with Gasteiger partial charge in [0.25, 0.3) is 0 Å². The van der Waals surface area contributed by atoms with E-state index in [4.69, 9.17) is 18.9 Å². The Balaban J connectivity index is 6.09. The first-order chi connectivity index (χ1) is 20.5. The molecular weight excluding hydrogens is 532 g/mol. The molecule has 260 valence electrons. The van der Waals surface area contributed by atoms with Gasteiger partial charge in [-0.25, -0.2) is 0 Å². The van der Waals surface area contributed by atoms with Gasteiger partial charge in [-0.2, -0.15) is 0 Å². The van der Waals surface area contributed by atoms with Crippen molar-refractivity contribution in [3.63, 3.8) is 0 Å². The van der Waals surface area contributed by atoms with Gasteiger partial charge in [0.1, 0.15) is 0 Å². The first-order valence-corrected chi connectivity index (χ1v) is 19.0. The van der Waals surface area contributed by atoms with Gasteiger partial charge in [-0.1, -0.05) is 86.5 Å². The minimum absolute atomic E-state index is 0.171. The third-order valence-corrected chi connectivity index (χ3v) is 10.2. The lowest BCUT2D eigenvalue weighted by Gasteiger charge is -2.38. The molecule has 43 heavy (non-hydrogen) atoms. The minimum atomic E-state index is 0.171. The smallest absolute Gasteiger partial charge is 0.0603 e. The molecule has 0 aromatic rings. The monoisotopic (exact) mass is 613 g/mol. The molecule has 0 aromatic carbocycles. The fourth-order valence-electron chi connectivity index (χ4n) is 7.58. The van der Waals surface area contributed by atoms with E-state index in [9.17, 15) is 0 Å². The van der Waals surface area contributed by atoms with Crippen LogP contribution in [0.3, 0.4) is 0 Å². The molecule has 0 radical (unpaired) electrons. The molecule has 4 heteroatoms. The number of unbranched alkanes of at least 4 members (excludes halogenated alkanes) is 3. The quantitative estimate of drug-likeness (QED) is 0.0787. The number of rotatable bonds is 29. The summed E-state index contributed by atoms with van der Waals surface area (Å²) in [7, 11) is 0. The standard InChI is InChI=1S/C39H80O4/c1-14-19-24-37(32(10)40-16-3)30(8)27-36(43-35(13)39(25-20-15-2)34(12)42-18-5)28-31(9)38(33(11)41-17-4)26-22-21-23-29(6)7/h29-39H,14-28H2,1-13H3. The van der Waals surface area contributed by atoms with Gasteiger partial charge in [-0.05, 0) is 110 Å². The topological polar surface area (TPSA) is 36.9 Å². The highest BCUT2D eigenvalue weighted by molar-refractivity contribution is 4.82. The van der Waals surface area contributed by atoms with Crippen LogP contribution in [0.15, 0.2) is 0 Å². The van der Waals surface area contributed by atoms with E-state index in [-0.39, 0.29) is 30.5 Å². The Bertz CT molecular complexity index is 578. The second-order valence-electron chi connectivity index (χ2n) is 14.3. The number of hydrogen-bond acceptors (Lipinski definition) is 4. The molecule has 0 aromatic heterocycles. The number of ether oxygens (including phenoxy) is 4. The summed E-state index contributed by atoms with van der Waals surface area (Å²) in [6.07, 6.45) is 15.8. The highest BCUT2D eigenvalue weighted by Gasteiger charge is 2.33. The normalized spacial score (nSPS) is 19.4. The van der Waals surface area contributed by atoms with Gasteiger partial charge in [-0.3, -0.25) is 0 Å². The predicted octanol–water partition coefficient (Wildman–Crippen LogP) is 11.5. The van der Waals surface area contributed by atoms with E-state index >= 15 is 0 Å². The van der Waals surface area contributed by atoms with Crippen LogP contribution >= 0.6 is 0 Å². The fourth-order valence-corrected chi connectivity index (χ4v) is 7.58. The van der Waals surface area contributed by atoms with Gasteiger partial charge >= 0.3 is 0 Å². The summed E-state index contributed by atoms with van der Waals surface area (Å²) in [6, 6.07) is 0. The molecule has 0 amide bonds. The molecule has 4 nitrogen and oxygen atoms in total. The molecule has 0 rings (SSSR count). The van der Waals surface area contributed by atoms with Crippen molar-refractivity contribution in [1.29, 1.82) is 0 Å². The third kappa shape index (κ3) is 18.5. The zero-order chi connectivity index (χ0) is 32.8. The second kappa shape index (κ2) is 26.0. The molecule has 0 aliphatic rings. The van der Waals surface area contributed by atoms with E-state index in [1.165, 1.54) is 57.8 Å². The van der Waals surface area contributed by atoms with Gasteiger partial charge in [0.2, 0.25) is 0 Å². The highest BCUT2D eigenvalue weighted by Crippen LogP contribution is 2.35. The summed E-state index contributed by atoms with van der Waals surface area (Å²) in [6.45, 7) is 32.1. The van der Waals surface area contributed by atoms with Crippen LogP contribution < -0.4 is 0 Å². The lowest BCUT2D eigenvalue weighted by atomic mass is 9.77. The SMILES string of the molecule is CCCCC(C(C)CC(CC(C)C(CCCCC(C)C)C(C)OCC)OC(C)C(CCCC)C(C)OCC)C(C)OCC. The van der Waals surface area contributed by atoms with Crippen LogP contribution in [0.2, 0.25) is 0 Å². The van der Waals surface area contributed by atoms with Crippen LogP contribution in [0.5, 0.6) is 0 Å². The van der Waals surface area contributed by atoms with Crippen molar-refractivity contribution in [2.75, 3.05) is 19.8 Å². The van der Waals surface area contributed by atoms with Gasteiger partial charge in [0.05, 0.1) is 30.5 Å². The zero-order valence-electron chi connectivity index (χ0n) is 31.6. The van der Waals surface area contributed by atoms with E-state index in [0.717, 1.165) is 45.0 Å². The first kappa shape index (κ1) is 42.8. The van der Waals surface area contributed by atoms with Gasteiger partial charge in [-0.15, -0.1) is 0 Å². The Morgan fingerprint density at radius 1 is 0.419 bits per heavy atom. The summed E-state index contributed by atoms with van der Waals surface area (Å²) in [5.41, 5.74) is 0. The Kier molecular flexibility index (Phi) is 25.9. The van der Waals surface area contributed by atoms with Crippen molar-refractivity contribution in [1.82, 2.24) is 0 Å². The van der Waals surface area contributed by atoms with Crippen molar-refractivity contribution in [2.24, 2.45) is 35.5 Å². The molecule has 0 aliphatic carbocycles. The van der Waals surface area contributed by atoms with Crippen LogP contribution in [0.4, 0.5) is 0 Å². The van der Waals surface area contributed by atoms with Crippen LogP contribution in [0.25, 0.3) is 0 Å². The third-order valence-electron chi connectivity index (χ3n) is 10.2. The summed E-state index contributed by atoms with van der Waals surface area (Å²) < 4.78 is 25.8. The Morgan fingerprint density at radius 3 is 1.19 bits per heavy atom. The van der Waals surface area contributed by atoms with E-state index in [2.05, 4.69) is 90.0 Å². The molecular formula is C39H80O4. The van der Waals surface area contributed by atoms with Crippen molar-refractivity contribution in [3.8, 4) is 0 Å². The van der Waals surface area contributed by atoms with E-state index in [0.29, 0.717) is 29.6 Å². The Labute approximate surface area is 271 Å². The zero-order valence-corrected chi connectivity index (χ0v) is 31.6. The van der Waals surface area contributed by atoms with Crippen LogP contribution in [-0.4, -0.2) is 50.3 Å². The molecule has 0 spiro atoms. The van der Waals surface area contributed by atoms with Gasteiger partial charge in [0.15, 0.2) is 0 Å². The molecule has 0 N–H and O–H groups in total. The second-order valence-corrected chi connectivity index (χ2v) is 14.3. The molecule has 0 fully saturated rings. The summed E-state index contributed by atoms with van der Waals surface area (Å²) in [4.78, 5) is 0. The lowest BCUT2D eigenvalue weighted by molar-refractivity contribution is -0.100. The lowest BCUT2D eigenvalue weighted by Crippen LogP contribution is -2.38. The highest BCUT2D eigenvalue weighted by atomic mass is 16.5. The average molecular weight is 613 g/mol. The maximum atomic E-state index is 7.20. The summed E-state index contributed by atoms with van der Waals surface area (Å²) in [5, 5.41) is 0. The Hall–Kier alpha value is -0.160. The van der Waals surface area contributed by atoms with Crippen molar-refractivity contribution < 1.29 is 18.9 Å². The summed E-state index contributed by atoms with van der Waals surface area (Å²) in [5.74, 6) is 3.40. The van der Waals surface area contributed by atoms with Crippen LogP contribution in [0.1, 0.15) is 167 Å². The molecule has 10 atom stereocenters. The van der Waals surface area contributed by atoms with Crippen molar-refractivity contribution in [2.45, 2.75) is 198 Å². The van der Waals surface area contributed by atoms with Gasteiger partial charge < -0.3 is 18.9 Å². The van der Waals surface area contributed by atoms with E-state index in [1.54, 1.807) is 0 Å². The average Bonchev–Trinajstić information content (AvgIpc) is 2.93. The molecule has 0 bridgehead atoms. The van der Waals surface area contributed by atoms with Crippen LogP contribution in [-0.2, 0) is 18.9 Å². The maximum Gasteiger partial charge on any atom is 0.0603 e. The molecule has 0 saturated heterocycles. The largest absolute Gasteiger partial charge is 0.378 e. The molecule has 0 aliphatic heterocycles. The minimum Gasteiger partial charge on any atom is -0.378 e. The van der Waals surface area contributed by atoms with Crippen molar-refractivity contribution in [3.05, 3.63) is 0 Å². The molecule has 10 unspecified atom stereocenters. The molecule has 0 saturated carbocycles. The fraction of sp³-hybridized carbons (Fsp3) is 1.00. The Morgan fingerprint density at radius 2 is 0.791 bits per heavy atom. The van der Waals surface area contributed by atoms with Crippen LogP contribution in [0, 0.1) is 35.5 Å². The van der Waals surface area contributed by atoms with Crippen molar-refractivity contribution >= 4 is 0 Å².